The van der Waals surface area contributed by atoms with E-state index in [-0.39, 0.29) is 16.6 Å². The Bertz CT molecular complexity index is 1480. The molecule has 0 radical (unpaired) electrons. The Morgan fingerprint density at radius 1 is 0.971 bits per heavy atom. The van der Waals surface area contributed by atoms with E-state index in [9.17, 15) is 14.9 Å². The molecule has 2 heterocycles. The van der Waals surface area contributed by atoms with Crippen LogP contribution in [0.3, 0.4) is 0 Å². The second kappa shape index (κ2) is 9.61. The van der Waals surface area contributed by atoms with Crippen molar-refractivity contribution >= 4 is 57.6 Å². The molecule has 0 unspecified atom stereocenters. The van der Waals surface area contributed by atoms with Crippen molar-refractivity contribution in [1.29, 1.82) is 0 Å². The van der Waals surface area contributed by atoms with E-state index in [1.165, 1.54) is 23.9 Å². The number of nitro groups is 1. The first-order chi connectivity index (χ1) is 17.0. The van der Waals surface area contributed by atoms with Crippen LogP contribution in [0, 0.1) is 10.1 Å². The van der Waals surface area contributed by atoms with Crippen LogP contribution in [0.15, 0.2) is 105 Å². The summed E-state index contributed by atoms with van der Waals surface area (Å²) in [7, 11) is 0. The zero-order valence-corrected chi connectivity index (χ0v) is 19.6. The molecular weight excluding hydrogens is 486 g/mol. The van der Waals surface area contributed by atoms with E-state index >= 15 is 0 Å². The molecule has 1 fully saturated rings. The number of amidine groups is 1. The second-order valence-corrected chi connectivity index (χ2v) is 8.88. The standard InChI is InChI=1S/C26H16ClN3O4S/c27-17-11-13-21(22(15-17)30(32)33)23-14-12-20(34-23)16-24-25(31)29(19-9-5-2-6-10-19)26(35-24)28-18-7-3-1-4-8-18/h1-16H/b24-16+,28-26?. The number of hydrogen-bond donors (Lipinski definition) is 0. The first-order valence-corrected chi connectivity index (χ1v) is 11.7. The Morgan fingerprint density at radius 2 is 1.69 bits per heavy atom. The van der Waals surface area contributed by atoms with Crippen molar-refractivity contribution in [2.75, 3.05) is 4.90 Å². The number of anilines is 1. The lowest BCUT2D eigenvalue weighted by atomic mass is 10.1. The summed E-state index contributed by atoms with van der Waals surface area (Å²) in [5, 5.41) is 12.2. The first kappa shape index (κ1) is 22.6. The van der Waals surface area contributed by atoms with Crippen LogP contribution in [-0.2, 0) is 4.79 Å². The molecule has 35 heavy (non-hydrogen) atoms. The Balaban J connectivity index is 1.51. The van der Waals surface area contributed by atoms with Crippen LogP contribution in [0.4, 0.5) is 17.1 Å². The summed E-state index contributed by atoms with van der Waals surface area (Å²) >= 11 is 7.15. The lowest BCUT2D eigenvalue weighted by Crippen LogP contribution is -2.28. The number of benzene rings is 3. The quantitative estimate of drug-likeness (QED) is 0.162. The smallest absolute Gasteiger partial charge is 0.281 e. The molecule has 1 aliphatic heterocycles. The number of thioether (sulfide) groups is 1. The molecule has 1 aliphatic rings. The van der Waals surface area contributed by atoms with E-state index < -0.39 is 4.92 Å². The second-order valence-electron chi connectivity index (χ2n) is 7.44. The Kier molecular flexibility index (Phi) is 6.22. The largest absolute Gasteiger partial charge is 0.456 e. The van der Waals surface area contributed by atoms with E-state index in [2.05, 4.69) is 4.99 Å². The van der Waals surface area contributed by atoms with Crippen LogP contribution in [0.5, 0.6) is 0 Å². The summed E-state index contributed by atoms with van der Waals surface area (Å²) < 4.78 is 5.86. The van der Waals surface area contributed by atoms with Gasteiger partial charge in [0.1, 0.15) is 11.5 Å². The maximum absolute atomic E-state index is 13.4. The third-order valence-corrected chi connectivity index (χ3v) is 6.33. The molecule has 0 saturated carbocycles. The average molecular weight is 502 g/mol. The van der Waals surface area contributed by atoms with E-state index in [4.69, 9.17) is 16.0 Å². The lowest BCUT2D eigenvalue weighted by molar-refractivity contribution is -0.384. The van der Waals surface area contributed by atoms with Gasteiger partial charge in [-0.15, -0.1) is 0 Å². The number of hydrogen-bond acceptors (Lipinski definition) is 6. The van der Waals surface area contributed by atoms with Gasteiger partial charge in [-0.3, -0.25) is 19.8 Å². The molecule has 3 aromatic carbocycles. The molecule has 7 nitrogen and oxygen atoms in total. The van der Waals surface area contributed by atoms with Gasteiger partial charge in [0, 0.05) is 17.2 Å². The van der Waals surface area contributed by atoms with Crippen molar-refractivity contribution in [3.8, 4) is 11.3 Å². The van der Waals surface area contributed by atoms with Gasteiger partial charge in [0.05, 0.1) is 26.8 Å². The highest BCUT2D eigenvalue weighted by Gasteiger charge is 2.35. The number of aliphatic imine (C=N–C) groups is 1. The molecule has 1 amide bonds. The monoisotopic (exact) mass is 501 g/mol. The van der Waals surface area contributed by atoms with Crippen molar-refractivity contribution in [3.63, 3.8) is 0 Å². The van der Waals surface area contributed by atoms with Crippen LogP contribution in [-0.4, -0.2) is 16.0 Å². The highest BCUT2D eigenvalue weighted by Crippen LogP contribution is 2.38. The third kappa shape index (κ3) is 4.75. The molecule has 172 valence electrons. The number of nitro benzene ring substituents is 1. The number of amides is 1. The maximum atomic E-state index is 13.4. The number of halogens is 1. The summed E-state index contributed by atoms with van der Waals surface area (Å²) in [6.45, 7) is 0. The number of furan rings is 1. The van der Waals surface area contributed by atoms with Gasteiger partial charge in [-0.2, -0.15) is 0 Å². The van der Waals surface area contributed by atoms with Crippen LogP contribution >= 0.6 is 23.4 Å². The Morgan fingerprint density at radius 3 is 2.40 bits per heavy atom. The highest BCUT2D eigenvalue weighted by atomic mass is 35.5. The molecule has 0 bridgehead atoms. The topological polar surface area (TPSA) is 88.9 Å². The Hall–Kier alpha value is -4.14. The zero-order chi connectivity index (χ0) is 24.4. The van der Waals surface area contributed by atoms with Gasteiger partial charge in [-0.1, -0.05) is 48.0 Å². The van der Waals surface area contributed by atoms with E-state index in [1.54, 1.807) is 29.2 Å². The molecule has 4 aromatic rings. The van der Waals surface area contributed by atoms with Crippen molar-refractivity contribution < 1.29 is 14.1 Å². The van der Waals surface area contributed by atoms with Gasteiger partial charge in [-0.05, 0) is 60.3 Å². The summed E-state index contributed by atoms with van der Waals surface area (Å²) in [5.41, 5.74) is 1.55. The lowest BCUT2D eigenvalue weighted by Gasteiger charge is -2.15. The minimum Gasteiger partial charge on any atom is -0.456 e. The third-order valence-electron chi connectivity index (χ3n) is 5.12. The highest BCUT2D eigenvalue weighted by molar-refractivity contribution is 8.19. The maximum Gasteiger partial charge on any atom is 0.281 e. The van der Waals surface area contributed by atoms with E-state index in [0.29, 0.717) is 32.8 Å². The SMILES string of the molecule is O=C1/C(=C\c2ccc(-c3ccc(Cl)cc3[N+](=O)[O-])o2)SC(=Nc2ccccc2)N1c1ccccc1. The minimum atomic E-state index is -0.512. The summed E-state index contributed by atoms with van der Waals surface area (Å²) in [5.74, 6) is 0.439. The molecular formula is C26H16ClN3O4S. The fourth-order valence-electron chi connectivity index (χ4n) is 3.54. The number of para-hydroxylation sites is 2. The fourth-order valence-corrected chi connectivity index (χ4v) is 4.68. The van der Waals surface area contributed by atoms with Crippen LogP contribution < -0.4 is 4.90 Å². The molecule has 0 spiro atoms. The van der Waals surface area contributed by atoms with Gasteiger partial charge in [-0.25, -0.2) is 4.99 Å². The van der Waals surface area contributed by atoms with Gasteiger partial charge in [0.2, 0.25) is 0 Å². The van der Waals surface area contributed by atoms with Crippen molar-refractivity contribution in [3.05, 3.63) is 117 Å². The Labute approximate surface area is 209 Å². The van der Waals surface area contributed by atoms with E-state index in [1.807, 2.05) is 60.7 Å². The van der Waals surface area contributed by atoms with Crippen LogP contribution in [0.1, 0.15) is 5.76 Å². The number of nitrogens with zero attached hydrogens (tertiary/aromatic N) is 3. The minimum absolute atomic E-state index is 0.162. The van der Waals surface area contributed by atoms with Gasteiger partial charge in [0.25, 0.3) is 11.6 Å². The molecule has 0 atom stereocenters. The normalized spacial score (nSPS) is 15.8. The zero-order valence-electron chi connectivity index (χ0n) is 18.0. The van der Waals surface area contributed by atoms with E-state index in [0.717, 1.165) is 5.69 Å². The van der Waals surface area contributed by atoms with Gasteiger partial charge < -0.3 is 4.42 Å². The fraction of sp³-hybridized carbons (Fsp3) is 0. The summed E-state index contributed by atoms with van der Waals surface area (Å²) in [6.07, 6.45) is 1.61. The summed E-state index contributed by atoms with van der Waals surface area (Å²) in [4.78, 5) is 31.0. The van der Waals surface area contributed by atoms with Crippen molar-refractivity contribution in [1.82, 2.24) is 0 Å². The van der Waals surface area contributed by atoms with Gasteiger partial charge in [0.15, 0.2) is 5.17 Å². The van der Waals surface area contributed by atoms with Gasteiger partial charge >= 0.3 is 0 Å². The number of carbonyl (C=O) groups excluding carboxylic acids is 1. The number of carbonyl (C=O) groups is 1. The predicted octanol–water partition coefficient (Wildman–Crippen LogP) is 7.32. The van der Waals surface area contributed by atoms with Crippen molar-refractivity contribution in [2.24, 2.45) is 4.99 Å². The average Bonchev–Trinajstić information content (AvgIpc) is 3.44. The first-order valence-electron chi connectivity index (χ1n) is 10.5. The molecule has 0 N–H and O–H groups in total. The molecule has 9 heteroatoms. The molecule has 1 aromatic heterocycles. The molecule has 5 rings (SSSR count). The van der Waals surface area contributed by atoms with Crippen LogP contribution in [0.25, 0.3) is 17.4 Å². The molecule has 1 saturated heterocycles. The summed E-state index contributed by atoms with van der Waals surface area (Å²) in [6, 6.07) is 26.3. The molecule has 0 aliphatic carbocycles. The number of rotatable bonds is 5. The van der Waals surface area contributed by atoms with Crippen molar-refractivity contribution in [2.45, 2.75) is 0 Å². The predicted molar refractivity (Wildman–Crippen MR) is 139 cm³/mol. The van der Waals surface area contributed by atoms with Crippen LogP contribution in [0.2, 0.25) is 5.02 Å².